The van der Waals surface area contributed by atoms with Gasteiger partial charge in [-0.25, -0.2) is 4.68 Å². The van der Waals surface area contributed by atoms with Crippen LogP contribution in [0.25, 0.3) is 34.1 Å². The summed E-state index contributed by atoms with van der Waals surface area (Å²) in [5, 5.41) is 13.9. The Bertz CT molecular complexity index is 1630. The number of carbonyl (C=O) groups is 1. The molecule has 1 aliphatic carbocycles. The molecule has 0 unspecified atom stereocenters. The van der Waals surface area contributed by atoms with Crippen molar-refractivity contribution in [3.8, 4) is 28.1 Å². The average Bonchev–Trinajstić information content (AvgIpc) is 3.81. The third-order valence-corrected chi connectivity index (χ3v) is 9.68. The molecule has 2 aliphatic heterocycles. The van der Waals surface area contributed by atoms with E-state index in [2.05, 4.69) is 65.2 Å². The van der Waals surface area contributed by atoms with E-state index in [1.807, 2.05) is 21.9 Å². The monoisotopic (exact) mass is 582 g/mol. The summed E-state index contributed by atoms with van der Waals surface area (Å²) < 4.78 is 9.75. The van der Waals surface area contributed by atoms with Crippen LogP contribution in [0.3, 0.4) is 0 Å². The van der Waals surface area contributed by atoms with Gasteiger partial charge in [0.2, 0.25) is 0 Å². The van der Waals surface area contributed by atoms with Crippen LogP contribution in [0.5, 0.6) is 0 Å². The van der Waals surface area contributed by atoms with Crippen molar-refractivity contribution in [3.05, 3.63) is 70.3 Å². The van der Waals surface area contributed by atoms with Crippen LogP contribution in [0.2, 0.25) is 0 Å². The fourth-order valence-corrected chi connectivity index (χ4v) is 7.32. The number of carbonyl (C=O) groups excluding carboxylic acids is 1. The summed E-state index contributed by atoms with van der Waals surface area (Å²) in [6, 6.07) is 6.60. The second kappa shape index (κ2) is 10.9. The summed E-state index contributed by atoms with van der Waals surface area (Å²) in [5.74, 6) is -0.0146. The molecular weight excluding hydrogens is 544 g/mol. The summed E-state index contributed by atoms with van der Waals surface area (Å²) in [6.45, 7) is 14.2. The van der Waals surface area contributed by atoms with E-state index in [-0.39, 0.29) is 11.4 Å². The molecule has 2 fully saturated rings. The zero-order valence-corrected chi connectivity index (χ0v) is 25.3. The quantitative estimate of drug-likeness (QED) is 0.286. The molecule has 0 atom stereocenters. The Labute approximate surface area is 251 Å². The first kappa shape index (κ1) is 27.3. The molecule has 42 heavy (non-hydrogen) atoms. The predicted octanol–water partition coefficient (Wildman–Crippen LogP) is 5.55. The van der Waals surface area contributed by atoms with Gasteiger partial charge in [-0.15, -0.1) is 0 Å². The number of hydrogen-bond acceptors (Lipinski definition) is 6. The number of rotatable bonds is 7. The number of hydrogen-bond donors (Lipinski definition) is 0. The van der Waals surface area contributed by atoms with E-state index in [4.69, 9.17) is 14.9 Å². The summed E-state index contributed by atoms with van der Waals surface area (Å²) in [7, 11) is 0. The van der Waals surface area contributed by atoms with E-state index in [0.29, 0.717) is 25.5 Å². The first-order valence-electron chi connectivity index (χ1n) is 15.0. The first-order valence-corrected chi connectivity index (χ1v) is 16.0. The van der Waals surface area contributed by atoms with Gasteiger partial charge in [-0.05, 0) is 86.8 Å². The summed E-state index contributed by atoms with van der Waals surface area (Å²) in [5.41, 5.74) is 8.85. The van der Waals surface area contributed by atoms with Gasteiger partial charge in [0.15, 0.2) is 5.69 Å². The number of amides is 1. The highest BCUT2D eigenvalue weighted by atomic mass is 32.1. The summed E-state index contributed by atoms with van der Waals surface area (Å²) >= 11 is 1.63. The van der Waals surface area contributed by atoms with E-state index < -0.39 is 0 Å². The standard InChI is InChI=1S/C33H38N6O2S/c1-4-23-17-24-7-8-27-30(32(40)38-14-15-41-22-33(38,2)3)35-39(26-9-16-42-21-26)31(27)29(24)18-28(23)25-19-34-37(20-25)13-12-36-10-5-6-11-36/h4,9,16-21H,1,5-8,10-15,22H2,2-3H3. The van der Waals surface area contributed by atoms with Crippen molar-refractivity contribution in [2.24, 2.45) is 0 Å². The molecule has 5 heterocycles. The highest BCUT2D eigenvalue weighted by molar-refractivity contribution is 7.08. The van der Waals surface area contributed by atoms with Gasteiger partial charge in [0.25, 0.3) is 5.91 Å². The van der Waals surface area contributed by atoms with Gasteiger partial charge < -0.3 is 14.5 Å². The molecule has 0 radical (unpaired) electrons. The summed E-state index contributed by atoms with van der Waals surface area (Å²) in [6.07, 6.45) is 10.3. The van der Waals surface area contributed by atoms with Gasteiger partial charge in [-0.3, -0.25) is 9.48 Å². The lowest BCUT2D eigenvalue weighted by molar-refractivity contribution is -0.0373. The molecule has 4 aromatic rings. The van der Waals surface area contributed by atoms with Crippen LogP contribution in [-0.4, -0.2) is 80.2 Å². The van der Waals surface area contributed by atoms with Crippen LogP contribution < -0.4 is 0 Å². The number of morpholine rings is 1. The highest BCUT2D eigenvalue weighted by Gasteiger charge is 2.38. The van der Waals surface area contributed by atoms with Crippen molar-refractivity contribution >= 4 is 23.3 Å². The minimum Gasteiger partial charge on any atom is -0.377 e. The SMILES string of the molecule is C=Cc1cc2c(cc1-c1cnn(CCN3CCCC3)c1)-c1c(c(C(=O)N3CCOCC3(C)C)nn1-c1ccsc1)CC2. The number of nitrogens with zero attached hydrogens (tertiary/aromatic N) is 6. The molecule has 9 heteroatoms. The minimum absolute atomic E-state index is 0.0146. The van der Waals surface area contributed by atoms with Gasteiger partial charge in [0.1, 0.15) is 0 Å². The largest absolute Gasteiger partial charge is 0.377 e. The topological polar surface area (TPSA) is 68.4 Å². The van der Waals surface area contributed by atoms with Gasteiger partial charge in [-0.1, -0.05) is 18.7 Å². The molecule has 7 rings (SSSR count). The number of aromatic nitrogens is 4. The molecule has 3 aliphatic rings. The van der Waals surface area contributed by atoms with Crippen LogP contribution in [-0.2, 0) is 24.1 Å². The molecule has 0 saturated carbocycles. The molecular formula is C33H38N6O2S. The van der Waals surface area contributed by atoms with Crippen molar-refractivity contribution in [2.75, 3.05) is 39.4 Å². The van der Waals surface area contributed by atoms with Gasteiger partial charge in [0.05, 0.1) is 42.9 Å². The van der Waals surface area contributed by atoms with Crippen molar-refractivity contribution in [1.82, 2.24) is 29.4 Å². The van der Waals surface area contributed by atoms with E-state index in [1.54, 1.807) is 11.3 Å². The fourth-order valence-electron chi connectivity index (χ4n) is 6.71. The Morgan fingerprint density at radius 3 is 2.76 bits per heavy atom. The number of fused-ring (bicyclic) bond motifs is 3. The van der Waals surface area contributed by atoms with E-state index in [1.165, 1.54) is 31.5 Å². The van der Waals surface area contributed by atoms with Crippen LogP contribution in [0.1, 0.15) is 53.9 Å². The van der Waals surface area contributed by atoms with Crippen molar-refractivity contribution < 1.29 is 9.53 Å². The average molecular weight is 583 g/mol. The van der Waals surface area contributed by atoms with Crippen LogP contribution in [0.4, 0.5) is 0 Å². The number of aryl methyl sites for hydroxylation is 1. The predicted molar refractivity (Wildman–Crippen MR) is 167 cm³/mol. The lowest BCUT2D eigenvalue weighted by atomic mass is 9.84. The smallest absolute Gasteiger partial charge is 0.275 e. The Balaban J connectivity index is 1.30. The van der Waals surface area contributed by atoms with E-state index >= 15 is 0 Å². The third kappa shape index (κ3) is 4.83. The Morgan fingerprint density at radius 1 is 1.14 bits per heavy atom. The molecule has 0 N–H and O–H groups in total. The number of thiophene rings is 1. The lowest BCUT2D eigenvalue weighted by Crippen LogP contribution is -2.55. The normalized spacial score (nSPS) is 18.2. The maximum absolute atomic E-state index is 14.1. The summed E-state index contributed by atoms with van der Waals surface area (Å²) in [4.78, 5) is 18.6. The van der Waals surface area contributed by atoms with Crippen molar-refractivity contribution in [3.63, 3.8) is 0 Å². The first-order chi connectivity index (χ1) is 20.4. The van der Waals surface area contributed by atoms with Crippen LogP contribution >= 0.6 is 11.3 Å². The Morgan fingerprint density at radius 2 is 2.00 bits per heavy atom. The van der Waals surface area contributed by atoms with Gasteiger partial charge in [0, 0.05) is 41.4 Å². The molecule has 3 aromatic heterocycles. The minimum atomic E-state index is -0.387. The van der Waals surface area contributed by atoms with Crippen molar-refractivity contribution in [1.29, 1.82) is 0 Å². The molecule has 2 saturated heterocycles. The Hall–Kier alpha value is -3.53. The fraction of sp³-hybridized carbons (Fsp3) is 0.424. The highest BCUT2D eigenvalue weighted by Crippen LogP contribution is 2.41. The Kier molecular flexibility index (Phi) is 7.12. The molecule has 1 aromatic carbocycles. The molecule has 218 valence electrons. The van der Waals surface area contributed by atoms with Crippen LogP contribution in [0.15, 0.2) is 47.9 Å². The number of likely N-dealkylation sites (tertiary alicyclic amines) is 1. The van der Waals surface area contributed by atoms with Gasteiger partial charge in [-0.2, -0.15) is 21.5 Å². The molecule has 0 spiro atoms. The zero-order chi connectivity index (χ0) is 28.8. The van der Waals surface area contributed by atoms with Gasteiger partial charge >= 0.3 is 0 Å². The molecule has 8 nitrogen and oxygen atoms in total. The van der Waals surface area contributed by atoms with E-state index in [9.17, 15) is 4.79 Å². The number of benzene rings is 1. The third-order valence-electron chi connectivity index (χ3n) is 9.01. The maximum atomic E-state index is 14.1. The zero-order valence-electron chi connectivity index (χ0n) is 24.5. The molecule has 0 bridgehead atoms. The molecule has 1 amide bonds. The van der Waals surface area contributed by atoms with Crippen LogP contribution in [0, 0.1) is 0 Å². The second-order valence-electron chi connectivity index (χ2n) is 12.2. The van der Waals surface area contributed by atoms with Crippen molar-refractivity contribution in [2.45, 2.75) is 51.6 Å². The maximum Gasteiger partial charge on any atom is 0.275 e. The second-order valence-corrected chi connectivity index (χ2v) is 13.0. The number of ether oxygens (including phenoxy) is 1. The van der Waals surface area contributed by atoms with E-state index in [0.717, 1.165) is 65.1 Å². The lowest BCUT2D eigenvalue weighted by Gasteiger charge is -2.41.